The van der Waals surface area contributed by atoms with Crippen LogP contribution in [-0.4, -0.2) is 15.8 Å². The minimum absolute atomic E-state index is 0.340. The van der Waals surface area contributed by atoms with Gasteiger partial charge in [-0.3, -0.25) is 4.68 Å². The van der Waals surface area contributed by atoms with Gasteiger partial charge in [0.2, 0.25) is 0 Å². The van der Waals surface area contributed by atoms with Gasteiger partial charge in [0, 0.05) is 18.0 Å². The van der Waals surface area contributed by atoms with Gasteiger partial charge in [-0.05, 0) is 48.5 Å². The Bertz CT molecular complexity index is 372. The van der Waals surface area contributed by atoms with Crippen molar-refractivity contribution in [3.05, 3.63) is 16.4 Å². The molecule has 4 heteroatoms. The molecule has 0 amide bonds. The highest BCUT2D eigenvalue weighted by Gasteiger charge is 2.35. The van der Waals surface area contributed by atoms with E-state index >= 15 is 0 Å². The maximum absolute atomic E-state index is 6.11. The van der Waals surface area contributed by atoms with Crippen LogP contribution in [0.5, 0.6) is 0 Å². The fraction of sp³-hybridized carbons (Fsp3) is 0.750. The maximum atomic E-state index is 6.11. The number of nitrogens with two attached hydrogens (primary N) is 1. The largest absolute Gasteiger partial charge is 0.327 e. The summed E-state index contributed by atoms with van der Waals surface area (Å²) in [6.07, 6.45) is 4.22. The SMILES string of the molecule is CC1C(N)CCC1c1c(Br)cnn1C(C)C. The van der Waals surface area contributed by atoms with Gasteiger partial charge in [0.05, 0.1) is 16.4 Å². The zero-order valence-electron chi connectivity index (χ0n) is 10.2. The Morgan fingerprint density at radius 3 is 2.69 bits per heavy atom. The van der Waals surface area contributed by atoms with Gasteiger partial charge in [-0.1, -0.05) is 6.92 Å². The molecular formula is C12H20BrN3. The molecule has 0 bridgehead atoms. The van der Waals surface area contributed by atoms with Crippen LogP contribution in [0, 0.1) is 5.92 Å². The molecule has 0 saturated heterocycles. The van der Waals surface area contributed by atoms with Crippen LogP contribution in [0.3, 0.4) is 0 Å². The topological polar surface area (TPSA) is 43.8 Å². The minimum Gasteiger partial charge on any atom is -0.327 e. The molecule has 0 spiro atoms. The predicted octanol–water partition coefficient (Wildman–Crippen LogP) is 3.07. The first-order valence-electron chi connectivity index (χ1n) is 6.00. The van der Waals surface area contributed by atoms with Crippen molar-refractivity contribution in [1.29, 1.82) is 0 Å². The Morgan fingerprint density at radius 1 is 1.50 bits per heavy atom. The van der Waals surface area contributed by atoms with Crippen molar-refractivity contribution in [3.8, 4) is 0 Å². The Labute approximate surface area is 106 Å². The summed E-state index contributed by atoms with van der Waals surface area (Å²) in [4.78, 5) is 0. The second-order valence-corrected chi connectivity index (χ2v) is 5.98. The second-order valence-electron chi connectivity index (χ2n) is 5.12. The fourth-order valence-electron chi connectivity index (χ4n) is 2.69. The fourth-order valence-corrected chi connectivity index (χ4v) is 3.26. The molecule has 0 aliphatic heterocycles. The zero-order valence-corrected chi connectivity index (χ0v) is 11.7. The van der Waals surface area contributed by atoms with Gasteiger partial charge < -0.3 is 5.73 Å². The summed E-state index contributed by atoms with van der Waals surface area (Å²) < 4.78 is 3.26. The molecule has 0 aromatic carbocycles. The van der Waals surface area contributed by atoms with Crippen molar-refractivity contribution >= 4 is 15.9 Å². The summed E-state index contributed by atoms with van der Waals surface area (Å²) in [5, 5.41) is 4.45. The molecule has 1 aliphatic rings. The van der Waals surface area contributed by atoms with E-state index in [-0.39, 0.29) is 0 Å². The lowest BCUT2D eigenvalue weighted by molar-refractivity contribution is 0.425. The molecule has 1 aliphatic carbocycles. The van der Waals surface area contributed by atoms with Gasteiger partial charge in [-0.15, -0.1) is 0 Å². The summed E-state index contributed by atoms with van der Waals surface area (Å²) in [6, 6.07) is 0.748. The number of nitrogens with zero attached hydrogens (tertiary/aromatic N) is 2. The molecule has 90 valence electrons. The number of hydrogen-bond acceptors (Lipinski definition) is 2. The monoisotopic (exact) mass is 285 g/mol. The molecule has 1 heterocycles. The van der Waals surface area contributed by atoms with Gasteiger partial charge in [0.15, 0.2) is 0 Å². The molecule has 1 fully saturated rings. The predicted molar refractivity (Wildman–Crippen MR) is 69.4 cm³/mol. The highest BCUT2D eigenvalue weighted by Crippen LogP contribution is 2.42. The molecule has 1 saturated carbocycles. The first kappa shape index (κ1) is 12.1. The Hall–Kier alpha value is -0.350. The molecule has 2 rings (SSSR count). The highest BCUT2D eigenvalue weighted by atomic mass is 79.9. The van der Waals surface area contributed by atoms with Crippen molar-refractivity contribution in [2.45, 2.75) is 51.6 Å². The first-order chi connectivity index (χ1) is 7.52. The van der Waals surface area contributed by atoms with Gasteiger partial charge in [0.1, 0.15) is 0 Å². The smallest absolute Gasteiger partial charge is 0.0635 e. The van der Waals surface area contributed by atoms with E-state index in [0.29, 0.717) is 23.9 Å². The lowest BCUT2D eigenvalue weighted by Crippen LogP contribution is -2.25. The van der Waals surface area contributed by atoms with Crippen LogP contribution >= 0.6 is 15.9 Å². The van der Waals surface area contributed by atoms with Crippen molar-refractivity contribution in [2.24, 2.45) is 11.7 Å². The average Bonchev–Trinajstić information content (AvgIpc) is 2.73. The van der Waals surface area contributed by atoms with Gasteiger partial charge in [-0.2, -0.15) is 5.10 Å². The highest BCUT2D eigenvalue weighted by molar-refractivity contribution is 9.10. The van der Waals surface area contributed by atoms with E-state index in [1.54, 1.807) is 0 Å². The van der Waals surface area contributed by atoms with E-state index in [1.165, 1.54) is 12.1 Å². The third-order valence-corrected chi connectivity index (χ3v) is 4.36. The summed E-state index contributed by atoms with van der Waals surface area (Å²) in [5.74, 6) is 1.10. The zero-order chi connectivity index (χ0) is 11.9. The van der Waals surface area contributed by atoms with Crippen LogP contribution in [0.25, 0.3) is 0 Å². The van der Waals surface area contributed by atoms with Crippen LogP contribution in [0.1, 0.15) is 51.3 Å². The van der Waals surface area contributed by atoms with Gasteiger partial charge >= 0.3 is 0 Å². The number of rotatable bonds is 2. The van der Waals surface area contributed by atoms with Crippen molar-refractivity contribution in [1.82, 2.24) is 9.78 Å². The molecule has 1 aromatic rings. The van der Waals surface area contributed by atoms with Crippen molar-refractivity contribution in [3.63, 3.8) is 0 Å². The summed E-state index contributed by atoms with van der Waals surface area (Å²) in [7, 11) is 0. The molecule has 0 radical (unpaired) electrons. The lowest BCUT2D eigenvalue weighted by atomic mass is 9.93. The van der Waals surface area contributed by atoms with Crippen LogP contribution in [-0.2, 0) is 0 Å². The average molecular weight is 286 g/mol. The maximum Gasteiger partial charge on any atom is 0.0635 e. The summed E-state index contributed by atoms with van der Waals surface area (Å²) in [6.45, 7) is 6.59. The second kappa shape index (κ2) is 4.49. The van der Waals surface area contributed by atoms with Crippen LogP contribution in [0.15, 0.2) is 10.7 Å². The van der Waals surface area contributed by atoms with E-state index in [1.807, 2.05) is 6.20 Å². The Balaban J connectivity index is 2.36. The number of aromatic nitrogens is 2. The molecule has 3 atom stereocenters. The molecule has 1 aromatic heterocycles. The van der Waals surface area contributed by atoms with Crippen LogP contribution < -0.4 is 5.73 Å². The third kappa shape index (κ3) is 1.93. The minimum atomic E-state index is 0.340. The molecular weight excluding hydrogens is 266 g/mol. The lowest BCUT2D eigenvalue weighted by Gasteiger charge is -2.21. The molecule has 3 nitrogen and oxygen atoms in total. The standard InChI is InChI=1S/C12H20BrN3/c1-7(2)16-12(10(13)6-15-16)9-4-5-11(14)8(9)3/h6-9,11H,4-5,14H2,1-3H3. The Kier molecular flexibility index (Phi) is 3.40. The van der Waals surface area contributed by atoms with Crippen molar-refractivity contribution < 1.29 is 0 Å². The van der Waals surface area contributed by atoms with Crippen LogP contribution in [0.2, 0.25) is 0 Å². The van der Waals surface area contributed by atoms with E-state index in [4.69, 9.17) is 5.73 Å². The molecule has 16 heavy (non-hydrogen) atoms. The van der Waals surface area contributed by atoms with Gasteiger partial charge in [-0.25, -0.2) is 0 Å². The van der Waals surface area contributed by atoms with E-state index in [9.17, 15) is 0 Å². The Morgan fingerprint density at radius 2 is 2.19 bits per heavy atom. The van der Waals surface area contributed by atoms with E-state index < -0.39 is 0 Å². The molecule has 3 unspecified atom stereocenters. The normalized spacial score (nSPS) is 30.2. The van der Waals surface area contributed by atoms with Crippen LogP contribution in [0.4, 0.5) is 0 Å². The van der Waals surface area contributed by atoms with Gasteiger partial charge in [0.25, 0.3) is 0 Å². The van der Waals surface area contributed by atoms with E-state index in [2.05, 4.69) is 46.5 Å². The quantitative estimate of drug-likeness (QED) is 0.908. The summed E-state index contributed by atoms with van der Waals surface area (Å²) >= 11 is 3.62. The third-order valence-electron chi connectivity index (χ3n) is 3.75. The summed E-state index contributed by atoms with van der Waals surface area (Å²) in [5.41, 5.74) is 7.44. The number of halogens is 1. The first-order valence-corrected chi connectivity index (χ1v) is 6.80. The van der Waals surface area contributed by atoms with E-state index in [0.717, 1.165) is 10.9 Å². The molecule has 2 N–H and O–H groups in total. The number of hydrogen-bond donors (Lipinski definition) is 1. The van der Waals surface area contributed by atoms with Crippen molar-refractivity contribution in [2.75, 3.05) is 0 Å².